The highest BCUT2D eigenvalue weighted by Crippen LogP contribution is 2.38. The summed E-state index contributed by atoms with van der Waals surface area (Å²) in [5.41, 5.74) is 1.68. The molecule has 3 nitrogen and oxygen atoms in total. The van der Waals surface area contributed by atoms with Crippen LogP contribution in [-0.2, 0) is 9.47 Å². The summed E-state index contributed by atoms with van der Waals surface area (Å²) in [6, 6.07) is 9.66. The van der Waals surface area contributed by atoms with Gasteiger partial charge in [-0.2, -0.15) is 5.26 Å². The van der Waals surface area contributed by atoms with E-state index >= 15 is 0 Å². The monoisotopic (exact) mass is 327 g/mol. The van der Waals surface area contributed by atoms with Crippen LogP contribution in [-0.4, -0.2) is 13.2 Å². The van der Waals surface area contributed by atoms with Gasteiger partial charge in [0.15, 0.2) is 6.29 Å². The van der Waals surface area contributed by atoms with Gasteiger partial charge in [0.1, 0.15) is 0 Å². The van der Waals surface area contributed by atoms with Crippen LogP contribution in [0.2, 0.25) is 0 Å². The van der Waals surface area contributed by atoms with Crippen molar-refractivity contribution in [3.63, 3.8) is 0 Å². The van der Waals surface area contributed by atoms with E-state index in [9.17, 15) is 0 Å². The van der Waals surface area contributed by atoms with E-state index in [0.29, 0.717) is 11.5 Å². The lowest BCUT2D eigenvalue weighted by atomic mass is 9.75. The van der Waals surface area contributed by atoms with Crippen LogP contribution in [0.3, 0.4) is 0 Å². The molecule has 1 saturated carbocycles. The van der Waals surface area contributed by atoms with E-state index < -0.39 is 0 Å². The second-order valence-corrected chi connectivity index (χ2v) is 7.42. The number of nitriles is 1. The van der Waals surface area contributed by atoms with Crippen LogP contribution in [0.15, 0.2) is 24.3 Å². The number of nitrogens with zero attached hydrogens (tertiary/aromatic N) is 1. The Morgan fingerprint density at radius 2 is 1.67 bits per heavy atom. The Morgan fingerprint density at radius 1 is 1.00 bits per heavy atom. The maximum atomic E-state index is 8.87. The molecule has 1 aliphatic carbocycles. The van der Waals surface area contributed by atoms with Gasteiger partial charge in [-0.05, 0) is 36.8 Å². The van der Waals surface area contributed by atoms with Crippen LogP contribution in [0.1, 0.15) is 69.3 Å². The van der Waals surface area contributed by atoms with Crippen molar-refractivity contribution in [2.24, 2.45) is 17.8 Å². The van der Waals surface area contributed by atoms with E-state index in [1.54, 1.807) is 0 Å². The molecule has 1 aromatic carbocycles. The number of benzene rings is 1. The first-order valence-corrected chi connectivity index (χ1v) is 9.53. The Bertz CT molecular complexity index is 532. The fraction of sp³-hybridized carbons (Fsp3) is 0.667. The zero-order valence-electron chi connectivity index (χ0n) is 14.7. The standard InChI is InChI=1S/C21H29NO2/c1-2-3-4-16-5-9-18(10-6-16)20-14-23-21(24-15-20)19-11-7-17(13-22)8-12-19/h7-8,11-12,16,18,20-21H,2-6,9-10,14-15H2,1H3/t16-,18-,20-,21-. The number of unbranched alkanes of at least 4 members (excludes halogenated alkanes) is 1. The molecule has 1 saturated heterocycles. The average Bonchev–Trinajstić information content (AvgIpc) is 2.67. The van der Waals surface area contributed by atoms with Crippen LogP contribution in [0.4, 0.5) is 0 Å². The summed E-state index contributed by atoms with van der Waals surface area (Å²) in [5.74, 6) is 2.27. The van der Waals surface area contributed by atoms with E-state index in [0.717, 1.165) is 30.6 Å². The zero-order valence-corrected chi connectivity index (χ0v) is 14.7. The molecule has 0 amide bonds. The number of hydrogen-bond acceptors (Lipinski definition) is 3. The van der Waals surface area contributed by atoms with Crippen LogP contribution in [0.5, 0.6) is 0 Å². The molecule has 0 radical (unpaired) electrons. The molecule has 3 heteroatoms. The van der Waals surface area contributed by atoms with Gasteiger partial charge in [0.25, 0.3) is 0 Å². The molecule has 0 aromatic heterocycles. The fourth-order valence-corrected chi connectivity index (χ4v) is 4.14. The van der Waals surface area contributed by atoms with E-state index in [1.165, 1.54) is 44.9 Å². The maximum Gasteiger partial charge on any atom is 0.183 e. The summed E-state index contributed by atoms with van der Waals surface area (Å²) in [7, 11) is 0. The molecule has 1 aromatic rings. The van der Waals surface area contributed by atoms with Crippen LogP contribution < -0.4 is 0 Å². The summed E-state index contributed by atoms with van der Waals surface area (Å²) >= 11 is 0. The third-order valence-electron chi connectivity index (χ3n) is 5.76. The van der Waals surface area contributed by atoms with Crippen LogP contribution in [0, 0.1) is 29.1 Å². The molecule has 0 unspecified atom stereocenters. The SMILES string of the molecule is CCCC[C@H]1CC[C@H]([C@H]2CO[C@H](c3ccc(C#N)cc3)OC2)CC1. The number of ether oxygens (including phenoxy) is 2. The van der Waals surface area contributed by atoms with Crippen molar-refractivity contribution in [2.45, 2.75) is 58.2 Å². The van der Waals surface area contributed by atoms with Gasteiger partial charge < -0.3 is 9.47 Å². The van der Waals surface area contributed by atoms with E-state index in [-0.39, 0.29) is 6.29 Å². The molecule has 0 spiro atoms. The minimum atomic E-state index is -0.269. The molecule has 1 aliphatic heterocycles. The van der Waals surface area contributed by atoms with E-state index in [4.69, 9.17) is 14.7 Å². The minimum absolute atomic E-state index is 0.269. The molecule has 24 heavy (non-hydrogen) atoms. The van der Waals surface area contributed by atoms with Gasteiger partial charge in [-0.25, -0.2) is 0 Å². The minimum Gasteiger partial charge on any atom is -0.348 e. The lowest BCUT2D eigenvalue weighted by molar-refractivity contribution is -0.214. The predicted molar refractivity (Wildman–Crippen MR) is 94.3 cm³/mol. The first-order valence-electron chi connectivity index (χ1n) is 9.53. The van der Waals surface area contributed by atoms with Crippen molar-refractivity contribution >= 4 is 0 Å². The molecule has 0 N–H and O–H groups in total. The second-order valence-electron chi connectivity index (χ2n) is 7.42. The largest absolute Gasteiger partial charge is 0.348 e. The van der Waals surface area contributed by atoms with E-state index in [1.807, 2.05) is 24.3 Å². The highest BCUT2D eigenvalue weighted by Gasteiger charge is 2.32. The van der Waals surface area contributed by atoms with Gasteiger partial charge in [0.05, 0.1) is 24.8 Å². The summed E-state index contributed by atoms with van der Waals surface area (Å²) in [6.07, 6.45) is 9.32. The summed E-state index contributed by atoms with van der Waals surface area (Å²) < 4.78 is 12.0. The van der Waals surface area contributed by atoms with Crippen molar-refractivity contribution in [2.75, 3.05) is 13.2 Å². The van der Waals surface area contributed by atoms with Gasteiger partial charge in [-0.1, -0.05) is 51.2 Å². The van der Waals surface area contributed by atoms with Crippen molar-refractivity contribution in [1.82, 2.24) is 0 Å². The Balaban J connectivity index is 1.44. The lowest BCUT2D eigenvalue weighted by Gasteiger charge is -2.37. The third-order valence-corrected chi connectivity index (χ3v) is 5.76. The second kappa shape index (κ2) is 8.65. The highest BCUT2D eigenvalue weighted by atomic mass is 16.7. The van der Waals surface area contributed by atoms with Crippen molar-refractivity contribution in [1.29, 1.82) is 5.26 Å². The Morgan fingerprint density at radius 3 is 2.25 bits per heavy atom. The molecule has 0 atom stereocenters. The van der Waals surface area contributed by atoms with Crippen LogP contribution >= 0.6 is 0 Å². The molecular formula is C21H29NO2. The zero-order chi connectivity index (χ0) is 16.8. The summed E-state index contributed by atoms with van der Waals surface area (Å²) in [4.78, 5) is 0. The topological polar surface area (TPSA) is 42.2 Å². The Kier molecular flexibility index (Phi) is 6.29. The predicted octanol–water partition coefficient (Wildman–Crippen LogP) is 5.22. The van der Waals surface area contributed by atoms with Gasteiger partial charge in [0.2, 0.25) is 0 Å². The van der Waals surface area contributed by atoms with E-state index in [2.05, 4.69) is 13.0 Å². The normalized spacial score (nSPS) is 30.7. The number of hydrogen-bond donors (Lipinski definition) is 0. The maximum absolute atomic E-state index is 8.87. The molecule has 130 valence electrons. The lowest BCUT2D eigenvalue weighted by Crippen LogP contribution is -2.34. The Labute approximate surface area is 146 Å². The van der Waals surface area contributed by atoms with Gasteiger partial charge in [-0.3, -0.25) is 0 Å². The van der Waals surface area contributed by atoms with Gasteiger partial charge >= 0.3 is 0 Å². The average molecular weight is 327 g/mol. The molecule has 1 heterocycles. The molecular weight excluding hydrogens is 298 g/mol. The van der Waals surface area contributed by atoms with Crippen molar-refractivity contribution < 1.29 is 9.47 Å². The van der Waals surface area contributed by atoms with Crippen molar-refractivity contribution in [3.05, 3.63) is 35.4 Å². The van der Waals surface area contributed by atoms with Gasteiger partial charge in [-0.15, -0.1) is 0 Å². The van der Waals surface area contributed by atoms with Gasteiger partial charge in [0, 0.05) is 11.5 Å². The third kappa shape index (κ3) is 4.37. The quantitative estimate of drug-likeness (QED) is 0.745. The molecule has 0 bridgehead atoms. The summed E-state index contributed by atoms with van der Waals surface area (Å²) in [6.45, 7) is 3.89. The highest BCUT2D eigenvalue weighted by molar-refractivity contribution is 5.32. The first kappa shape index (κ1) is 17.5. The smallest absolute Gasteiger partial charge is 0.183 e. The number of rotatable bonds is 5. The molecule has 2 aliphatic rings. The van der Waals surface area contributed by atoms with Crippen LogP contribution in [0.25, 0.3) is 0 Å². The fourth-order valence-electron chi connectivity index (χ4n) is 4.14. The first-order chi connectivity index (χ1) is 11.8. The summed E-state index contributed by atoms with van der Waals surface area (Å²) in [5, 5.41) is 8.87. The molecule has 3 rings (SSSR count). The van der Waals surface area contributed by atoms with Crippen molar-refractivity contribution in [3.8, 4) is 6.07 Å². The Hall–Kier alpha value is -1.37. The molecule has 2 fully saturated rings.